The van der Waals surface area contributed by atoms with Crippen LogP contribution in [0.3, 0.4) is 0 Å². The fraction of sp³-hybridized carbons (Fsp3) is 0.579. The Hall–Kier alpha value is -2.04. The van der Waals surface area contributed by atoms with Gasteiger partial charge in [-0.25, -0.2) is 12.8 Å². The molecule has 2 fully saturated rings. The van der Waals surface area contributed by atoms with Crippen molar-refractivity contribution >= 4 is 21.9 Å². The first kappa shape index (κ1) is 21.7. The number of piperidine rings is 1. The number of carbonyl (C=O) groups excluding carboxylic acids is 2. The van der Waals surface area contributed by atoms with Crippen molar-refractivity contribution in [1.82, 2.24) is 9.21 Å². The molecule has 0 radical (unpaired) electrons. The average Bonchev–Trinajstić information content (AvgIpc) is 2.72. The Balaban J connectivity index is 1.56. The van der Waals surface area contributed by atoms with Gasteiger partial charge in [0.05, 0.1) is 23.5 Å². The van der Waals surface area contributed by atoms with Gasteiger partial charge in [-0.1, -0.05) is 0 Å². The highest BCUT2D eigenvalue weighted by Gasteiger charge is 2.34. The molecule has 2 aliphatic rings. The largest absolute Gasteiger partial charge is 0.455 e. The van der Waals surface area contributed by atoms with Crippen LogP contribution in [0.2, 0.25) is 0 Å². The first-order chi connectivity index (χ1) is 13.8. The molecule has 10 heteroatoms. The van der Waals surface area contributed by atoms with E-state index in [2.05, 4.69) is 0 Å². The van der Waals surface area contributed by atoms with Gasteiger partial charge < -0.3 is 14.4 Å². The van der Waals surface area contributed by atoms with Gasteiger partial charge in [0.1, 0.15) is 5.82 Å². The lowest BCUT2D eigenvalue weighted by Crippen LogP contribution is -2.47. The zero-order valence-corrected chi connectivity index (χ0v) is 17.1. The van der Waals surface area contributed by atoms with Crippen molar-refractivity contribution in [3.05, 3.63) is 30.1 Å². The van der Waals surface area contributed by atoms with E-state index >= 15 is 0 Å². The van der Waals surface area contributed by atoms with Crippen molar-refractivity contribution in [3.63, 3.8) is 0 Å². The number of sulfonamides is 1. The Morgan fingerprint density at radius 2 is 1.93 bits per heavy atom. The van der Waals surface area contributed by atoms with Gasteiger partial charge in [0.15, 0.2) is 6.61 Å². The van der Waals surface area contributed by atoms with E-state index < -0.39 is 27.7 Å². The second-order valence-electron chi connectivity index (χ2n) is 7.28. The quantitative estimate of drug-likeness (QED) is 0.650. The number of hydrogen-bond acceptors (Lipinski definition) is 6. The maximum absolute atomic E-state index is 13.1. The average molecular weight is 428 g/mol. The number of morpholine rings is 1. The van der Waals surface area contributed by atoms with E-state index in [9.17, 15) is 22.4 Å². The molecule has 2 saturated heterocycles. The highest BCUT2D eigenvalue weighted by Crippen LogP contribution is 2.24. The molecule has 2 aliphatic heterocycles. The molecule has 8 nitrogen and oxygen atoms in total. The SMILES string of the molecule is CC1CN(C(=O)COC(=O)C2CCCN(S(=O)(=O)c3ccc(F)cc3)C2)CCO1. The van der Waals surface area contributed by atoms with Crippen molar-refractivity contribution in [2.24, 2.45) is 5.92 Å². The van der Waals surface area contributed by atoms with Gasteiger partial charge in [0.2, 0.25) is 10.0 Å². The Morgan fingerprint density at radius 1 is 1.21 bits per heavy atom. The maximum atomic E-state index is 13.1. The molecular formula is C19H25FN2O6S. The summed E-state index contributed by atoms with van der Waals surface area (Å²) in [5.74, 6) is -2.04. The molecule has 3 rings (SSSR count). The molecule has 29 heavy (non-hydrogen) atoms. The van der Waals surface area contributed by atoms with Crippen LogP contribution in [-0.2, 0) is 29.1 Å². The van der Waals surface area contributed by atoms with Gasteiger partial charge in [-0.3, -0.25) is 9.59 Å². The monoisotopic (exact) mass is 428 g/mol. The summed E-state index contributed by atoms with van der Waals surface area (Å²) in [6.45, 7) is 3.09. The molecule has 2 unspecified atom stereocenters. The molecule has 0 bridgehead atoms. The molecule has 0 aromatic heterocycles. The van der Waals surface area contributed by atoms with Crippen LogP contribution in [-0.4, -0.2) is 75.0 Å². The Labute approximate surface area is 169 Å². The van der Waals surface area contributed by atoms with Gasteiger partial charge in [0.25, 0.3) is 5.91 Å². The summed E-state index contributed by atoms with van der Waals surface area (Å²) in [5.41, 5.74) is 0. The second-order valence-corrected chi connectivity index (χ2v) is 9.22. The van der Waals surface area contributed by atoms with Crippen LogP contribution in [0.4, 0.5) is 4.39 Å². The third-order valence-corrected chi connectivity index (χ3v) is 6.98. The molecule has 0 aliphatic carbocycles. The Kier molecular flexibility index (Phi) is 6.86. The normalized spacial score (nSPS) is 23.6. The fourth-order valence-electron chi connectivity index (χ4n) is 3.50. The summed E-state index contributed by atoms with van der Waals surface area (Å²) >= 11 is 0. The molecular weight excluding hydrogens is 403 g/mol. The minimum absolute atomic E-state index is 0.0236. The van der Waals surface area contributed by atoms with Crippen molar-refractivity contribution in [1.29, 1.82) is 0 Å². The number of nitrogens with zero attached hydrogens (tertiary/aromatic N) is 2. The lowest BCUT2D eigenvalue weighted by molar-refractivity contribution is -0.158. The second kappa shape index (κ2) is 9.19. The van der Waals surface area contributed by atoms with Crippen LogP contribution in [0.25, 0.3) is 0 Å². The number of halogens is 1. The van der Waals surface area contributed by atoms with Crippen LogP contribution >= 0.6 is 0 Å². The van der Waals surface area contributed by atoms with E-state index in [0.29, 0.717) is 32.5 Å². The summed E-state index contributed by atoms with van der Waals surface area (Å²) in [5, 5.41) is 0. The molecule has 1 aromatic carbocycles. The highest BCUT2D eigenvalue weighted by molar-refractivity contribution is 7.89. The summed E-state index contributed by atoms with van der Waals surface area (Å²) < 4.78 is 50.3. The Bertz CT molecular complexity index is 845. The van der Waals surface area contributed by atoms with E-state index in [4.69, 9.17) is 9.47 Å². The third kappa shape index (κ3) is 5.31. The number of amides is 1. The molecule has 0 N–H and O–H groups in total. The number of carbonyl (C=O) groups is 2. The maximum Gasteiger partial charge on any atom is 0.310 e. The number of ether oxygens (including phenoxy) is 2. The smallest absolute Gasteiger partial charge is 0.310 e. The lowest BCUT2D eigenvalue weighted by atomic mass is 10.00. The molecule has 2 atom stereocenters. The molecule has 1 aromatic rings. The van der Waals surface area contributed by atoms with Gasteiger partial charge >= 0.3 is 5.97 Å². The Morgan fingerprint density at radius 3 is 2.62 bits per heavy atom. The number of benzene rings is 1. The number of hydrogen-bond donors (Lipinski definition) is 0. The highest BCUT2D eigenvalue weighted by atomic mass is 32.2. The van der Waals surface area contributed by atoms with E-state index in [1.54, 1.807) is 4.90 Å². The standard InChI is InChI=1S/C19H25FN2O6S/c1-14-11-21(9-10-27-14)18(23)13-28-19(24)15-3-2-8-22(12-15)29(25,26)17-6-4-16(20)5-7-17/h4-7,14-15H,2-3,8-13H2,1H3. The topological polar surface area (TPSA) is 93.2 Å². The van der Waals surface area contributed by atoms with Crippen molar-refractivity contribution in [3.8, 4) is 0 Å². The first-order valence-corrected chi connectivity index (χ1v) is 11.0. The predicted octanol–water partition coefficient (Wildman–Crippen LogP) is 1.02. The van der Waals surface area contributed by atoms with Crippen LogP contribution in [0.15, 0.2) is 29.2 Å². The molecule has 1 amide bonds. The summed E-state index contributed by atoms with van der Waals surface area (Å²) in [7, 11) is -3.83. The molecule has 0 saturated carbocycles. The minimum Gasteiger partial charge on any atom is -0.455 e. The predicted molar refractivity (Wildman–Crippen MR) is 101 cm³/mol. The fourth-order valence-corrected chi connectivity index (χ4v) is 5.02. The summed E-state index contributed by atoms with van der Waals surface area (Å²) in [6.07, 6.45) is 0.915. The van der Waals surface area contributed by atoms with Crippen LogP contribution in [0.5, 0.6) is 0 Å². The van der Waals surface area contributed by atoms with E-state index in [-0.39, 0.29) is 36.6 Å². The molecule has 160 valence electrons. The summed E-state index contributed by atoms with van der Waals surface area (Å²) in [4.78, 5) is 26.2. The lowest BCUT2D eigenvalue weighted by Gasteiger charge is -2.32. The molecule has 0 spiro atoms. The van der Waals surface area contributed by atoms with Gasteiger partial charge in [-0.2, -0.15) is 4.31 Å². The zero-order chi connectivity index (χ0) is 21.0. The van der Waals surface area contributed by atoms with Gasteiger partial charge in [-0.05, 0) is 44.0 Å². The third-order valence-electron chi connectivity index (χ3n) is 5.10. The van der Waals surface area contributed by atoms with Gasteiger partial charge in [0, 0.05) is 26.2 Å². The van der Waals surface area contributed by atoms with Crippen LogP contribution < -0.4 is 0 Å². The van der Waals surface area contributed by atoms with Gasteiger partial charge in [-0.15, -0.1) is 0 Å². The molecule has 2 heterocycles. The number of rotatable bonds is 5. The van der Waals surface area contributed by atoms with Crippen LogP contribution in [0.1, 0.15) is 19.8 Å². The van der Waals surface area contributed by atoms with Crippen molar-refractivity contribution < 1.29 is 31.9 Å². The minimum atomic E-state index is -3.83. The van der Waals surface area contributed by atoms with Crippen molar-refractivity contribution in [2.45, 2.75) is 30.8 Å². The van der Waals surface area contributed by atoms with E-state index in [0.717, 1.165) is 12.1 Å². The van der Waals surface area contributed by atoms with E-state index in [1.165, 1.54) is 16.4 Å². The zero-order valence-electron chi connectivity index (χ0n) is 16.3. The summed E-state index contributed by atoms with van der Waals surface area (Å²) in [6, 6.07) is 4.57. The van der Waals surface area contributed by atoms with Crippen molar-refractivity contribution in [2.75, 3.05) is 39.4 Å². The first-order valence-electron chi connectivity index (χ1n) is 9.59. The number of esters is 1. The van der Waals surface area contributed by atoms with E-state index in [1.807, 2.05) is 6.92 Å². The van der Waals surface area contributed by atoms with Crippen LogP contribution in [0, 0.1) is 11.7 Å².